The van der Waals surface area contributed by atoms with Gasteiger partial charge in [0.15, 0.2) is 0 Å². The number of allylic oxidation sites excluding steroid dienone is 1. The van der Waals surface area contributed by atoms with Gasteiger partial charge >= 0.3 is 0 Å². The first-order valence-electron chi connectivity index (χ1n) is 7.59. The molecule has 2 aromatic carbocycles. The molecule has 2 aromatic rings. The summed E-state index contributed by atoms with van der Waals surface area (Å²) in [5.74, 6) is 0. The number of aliphatic hydroxyl groups is 1. The molecule has 112 valence electrons. The van der Waals surface area contributed by atoms with E-state index in [-0.39, 0.29) is 0 Å². The molecule has 1 heterocycles. The van der Waals surface area contributed by atoms with E-state index in [1.807, 2.05) is 67.7 Å². The largest absolute Gasteiger partial charge is 0.387 e. The van der Waals surface area contributed by atoms with Gasteiger partial charge in [-0.1, -0.05) is 54.6 Å². The van der Waals surface area contributed by atoms with Crippen LogP contribution >= 0.6 is 0 Å². The van der Waals surface area contributed by atoms with Crippen LogP contribution in [0.4, 0.5) is 0 Å². The first-order valence-corrected chi connectivity index (χ1v) is 7.59. The minimum atomic E-state index is -1.12. The molecular formula is C20H21NO. The maximum atomic E-state index is 11.6. The van der Waals surface area contributed by atoms with E-state index in [0.717, 1.165) is 27.8 Å². The zero-order valence-corrected chi connectivity index (χ0v) is 13.0. The molecule has 0 radical (unpaired) electrons. The molecule has 0 aromatic heterocycles. The Balaban J connectivity index is 2.30. The highest BCUT2D eigenvalue weighted by atomic mass is 16.3. The lowest BCUT2D eigenvalue weighted by molar-refractivity contribution is 0.133. The monoisotopic (exact) mass is 291 g/mol. The second kappa shape index (κ2) is 5.82. The summed E-state index contributed by atoms with van der Waals surface area (Å²) in [4.78, 5) is 0. The zero-order chi connectivity index (χ0) is 15.6. The normalized spacial score (nSPS) is 24.8. The highest BCUT2D eigenvalue weighted by Crippen LogP contribution is 2.37. The molecule has 2 nitrogen and oxygen atoms in total. The van der Waals surface area contributed by atoms with Gasteiger partial charge in [0.2, 0.25) is 0 Å². The molecule has 3 rings (SSSR count). The van der Waals surface area contributed by atoms with Crippen LogP contribution in [0.5, 0.6) is 0 Å². The highest BCUT2D eigenvalue weighted by Gasteiger charge is 2.32. The van der Waals surface area contributed by atoms with Crippen molar-refractivity contribution in [3.63, 3.8) is 0 Å². The minimum absolute atomic E-state index is 0.694. The van der Waals surface area contributed by atoms with Crippen molar-refractivity contribution in [1.29, 1.82) is 0 Å². The standard InChI is InChI=1S/C20H21NO/c1-15-8-3-5-10-18(15)20(22)12-7-13-21-14-16(2)17-9-4-6-11-19(17)20/h3-12,14,21-22H,13H2,1-2H3/b12-7+,16-14+. The summed E-state index contributed by atoms with van der Waals surface area (Å²) in [7, 11) is 0. The average molecular weight is 291 g/mol. The number of benzene rings is 2. The summed E-state index contributed by atoms with van der Waals surface area (Å²) in [5, 5.41) is 14.8. The summed E-state index contributed by atoms with van der Waals surface area (Å²) in [6.45, 7) is 4.80. The average Bonchev–Trinajstić information content (AvgIpc) is 2.59. The first kappa shape index (κ1) is 14.6. The van der Waals surface area contributed by atoms with E-state index in [2.05, 4.69) is 18.3 Å². The van der Waals surface area contributed by atoms with E-state index in [1.165, 1.54) is 0 Å². The fourth-order valence-corrected chi connectivity index (χ4v) is 3.07. The van der Waals surface area contributed by atoms with Crippen LogP contribution in [0.1, 0.15) is 29.2 Å². The van der Waals surface area contributed by atoms with Gasteiger partial charge in [-0.3, -0.25) is 0 Å². The van der Waals surface area contributed by atoms with Crippen molar-refractivity contribution in [3.8, 4) is 0 Å². The third-order valence-corrected chi connectivity index (χ3v) is 4.23. The Morgan fingerprint density at radius 3 is 2.41 bits per heavy atom. The number of hydrogen-bond donors (Lipinski definition) is 2. The Labute approximate surface area is 131 Å². The third kappa shape index (κ3) is 2.46. The maximum absolute atomic E-state index is 11.6. The van der Waals surface area contributed by atoms with Crippen LogP contribution in [-0.4, -0.2) is 11.7 Å². The highest BCUT2D eigenvalue weighted by molar-refractivity contribution is 5.69. The molecule has 1 atom stereocenters. The van der Waals surface area contributed by atoms with Crippen LogP contribution in [0.15, 0.2) is 66.9 Å². The van der Waals surface area contributed by atoms with E-state index in [9.17, 15) is 5.11 Å². The van der Waals surface area contributed by atoms with E-state index in [0.29, 0.717) is 6.54 Å². The predicted molar refractivity (Wildman–Crippen MR) is 91.4 cm³/mol. The van der Waals surface area contributed by atoms with Crippen molar-refractivity contribution in [2.24, 2.45) is 0 Å². The lowest BCUT2D eigenvalue weighted by atomic mass is 9.80. The molecule has 0 saturated carbocycles. The van der Waals surface area contributed by atoms with Crippen molar-refractivity contribution < 1.29 is 5.11 Å². The van der Waals surface area contributed by atoms with Crippen LogP contribution < -0.4 is 5.32 Å². The van der Waals surface area contributed by atoms with Crippen molar-refractivity contribution >= 4 is 5.57 Å². The SMILES string of the molecule is C/C1=C\NC/C=C/C(O)(c2ccccc2C)c2ccccc21. The Hall–Kier alpha value is -2.32. The van der Waals surface area contributed by atoms with Crippen molar-refractivity contribution in [2.75, 3.05) is 6.54 Å². The Morgan fingerprint density at radius 2 is 1.64 bits per heavy atom. The van der Waals surface area contributed by atoms with Gasteiger partial charge in [-0.15, -0.1) is 0 Å². The van der Waals surface area contributed by atoms with Gasteiger partial charge in [-0.05, 0) is 47.8 Å². The van der Waals surface area contributed by atoms with Gasteiger partial charge in [-0.2, -0.15) is 0 Å². The summed E-state index contributed by atoms with van der Waals surface area (Å²) >= 11 is 0. The zero-order valence-electron chi connectivity index (χ0n) is 13.0. The van der Waals surface area contributed by atoms with E-state index in [1.54, 1.807) is 0 Å². The lowest BCUT2D eigenvalue weighted by Crippen LogP contribution is -2.27. The second-order valence-electron chi connectivity index (χ2n) is 5.76. The Bertz CT molecular complexity index is 745. The summed E-state index contributed by atoms with van der Waals surface area (Å²) in [5.41, 5.74) is 3.98. The molecule has 1 aliphatic rings. The van der Waals surface area contributed by atoms with Gasteiger partial charge in [0.05, 0.1) is 0 Å². The fourth-order valence-electron chi connectivity index (χ4n) is 3.07. The Kier molecular flexibility index (Phi) is 3.86. The number of aryl methyl sites for hydroxylation is 1. The van der Waals surface area contributed by atoms with E-state index >= 15 is 0 Å². The van der Waals surface area contributed by atoms with E-state index < -0.39 is 5.60 Å². The van der Waals surface area contributed by atoms with Crippen LogP contribution in [0.25, 0.3) is 5.57 Å². The lowest BCUT2D eigenvalue weighted by Gasteiger charge is -2.29. The summed E-state index contributed by atoms with van der Waals surface area (Å²) in [6, 6.07) is 16.1. The molecule has 0 aliphatic carbocycles. The van der Waals surface area contributed by atoms with Gasteiger partial charge in [0, 0.05) is 12.7 Å². The van der Waals surface area contributed by atoms with Gasteiger partial charge in [0.1, 0.15) is 5.60 Å². The number of fused-ring (bicyclic) bond motifs is 1. The maximum Gasteiger partial charge on any atom is 0.134 e. The molecule has 1 unspecified atom stereocenters. The van der Waals surface area contributed by atoms with Crippen molar-refractivity contribution in [3.05, 3.63) is 89.1 Å². The minimum Gasteiger partial charge on any atom is -0.387 e. The molecule has 0 saturated heterocycles. The van der Waals surface area contributed by atoms with Gasteiger partial charge in [-0.25, -0.2) is 0 Å². The molecule has 2 heteroatoms. The topological polar surface area (TPSA) is 32.3 Å². The summed E-state index contributed by atoms with van der Waals surface area (Å²) < 4.78 is 0. The molecular weight excluding hydrogens is 270 g/mol. The number of hydrogen-bond acceptors (Lipinski definition) is 2. The third-order valence-electron chi connectivity index (χ3n) is 4.23. The van der Waals surface area contributed by atoms with Crippen LogP contribution in [0, 0.1) is 6.92 Å². The van der Waals surface area contributed by atoms with Crippen LogP contribution in [0.3, 0.4) is 0 Å². The van der Waals surface area contributed by atoms with Gasteiger partial charge in [0.25, 0.3) is 0 Å². The quantitative estimate of drug-likeness (QED) is 0.784. The van der Waals surface area contributed by atoms with Crippen LogP contribution in [0.2, 0.25) is 0 Å². The smallest absolute Gasteiger partial charge is 0.134 e. The summed E-state index contributed by atoms with van der Waals surface area (Å²) in [6.07, 6.45) is 5.89. The van der Waals surface area contributed by atoms with E-state index in [4.69, 9.17) is 0 Å². The number of nitrogens with one attached hydrogen (secondary N) is 1. The second-order valence-corrected chi connectivity index (χ2v) is 5.76. The molecule has 2 N–H and O–H groups in total. The van der Waals surface area contributed by atoms with Crippen LogP contribution in [-0.2, 0) is 5.60 Å². The molecule has 0 bridgehead atoms. The number of rotatable bonds is 1. The predicted octanol–water partition coefficient (Wildman–Crippen LogP) is 3.75. The fraction of sp³-hybridized carbons (Fsp3) is 0.200. The molecule has 0 amide bonds. The van der Waals surface area contributed by atoms with Crippen molar-refractivity contribution in [2.45, 2.75) is 19.4 Å². The van der Waals surface area contributed by atoms with Crippen molar-refractivity contribution in [1.82, 2.24) is 5.32 Å². The first-order chi connectivity index (χ1) is 10.6. The molecule has 0 fully saturated rings. The molecule has 0 spiro atoms. The Morgan fingerprint density at radius 1 is 0.955 bits per heavy atom. The molecule has 1 aliphatic heterocycles. The molecule has 22 heavy (non-hydrogen) atoms. The van der Waals surface area contributed by atoms with Gasteiger partial charge < -0.3 is 10.4 Å².